The van der Waals surface area contributed by atoms with Gasteiger partial charge in [-0.25, -0.2) is 4.79 Å². The van der Waals surface area contributed by atoms with Gasteiger partial charge >= 0.3 is 6.09 Å². The molecular weight excluding hydrogens is 256 g/mol. The van der Waals surface area contributed by atoms with Crippen LogP contribution in [0.3, 0.4) is 0 Å². The van der Waals surface area contributed by atoms with Crippen LogP contribution in [0.5, 0.6) is 0 Å². The van der Waals surface area contributed by atoms with Crippen molar-refractivity contribution >= 4 is 18.5 Å². The second-order valence-corrected chi connectivity index (χ2v) is 3.95. The van der Waals surface area contributed by atoms with Crippen LogP contribution in [0.1, 0.15) is 18.4 Å². The molecule has 1 fully saturated rings. The van der Waals surface area contributed by atoms with Gasteiger partial charge in [-0.3, -0.25) is 4.98 Å². The SMILES string of the molecule is Cl.O=C(NC[C@@H]1CCCO1)OCc1ccncc1. The van der Waals surface area contributed by atoms with Crippen LogP contribution in [0, 0.1) is 0 Å². The van der Waals surface area contributed by atoms with E-state index in [2.05, 4.69) is 10.3 Å². The third-order valence-corrected chi connectivity index (χ3v) is 2.62. The van der Waals surface area contributed by atoms with Gasteiger partial charge in [0.15, 0.2) is 0 Å². The van der Waals surface area contributed by atoms with Crippen molar-refractivity contribution in [2.24, 2.45) is 0 Å². The highest BCUT2D eigenvalue weighted by atomic mass is 35.5. The lowest BCUT2D eigenvalue weighted by Crippen LogP contribution is -2.32. The molecule has 0 radical (unpaired) electrons. The van der Waals surface area contributed by atoms with E-state index in [9.17, 15) is 4.79 Å². The number of nitrogens with zero attached hydrogens (tertiary/aromatic N) is 1. The van der Waals surface area contributed by atoms with Crippen molar-refractivity contribution in [1.82, 2.24) is 10.3 Å². The molecule has 1 aliphatic rings. The van der Waals surface area contributed by atoms with Crippen LogP contribution in [-0.2, 0) is 16.1 Å². The van der Waals surface area contributed by atoms with E-state index in [4.69, 9.17) is 9.47 Å². The monoisotopic (exact) mass is 272 g/mol. The van der Waals surface area contributed by atoms with E-state index >= 15 is 0 Å². The molecule has 5 nitrogen and oxygen atoms in total. The molecule has 6 heteroatoms. The number of pyridine rings is 1. The molecule has 18 heavy (non-hydrogen) atoms. The van der Waals surface area contributed by atoms with Gasteiger partial charge in [0.1, 0.15) is 6.61 Å². The van der Waals surface area contributed by atoms with Crippen molar-refractivity contribution in [2.75, 3.05) is 13.2 Å². The fraction of sp³-hybridized carbons (Fsp3) is 0.500. The van der Waals surface area contributed by atoms with Crippen LogP contribution in [-0.4, -0.2) is 30.3 Å². The van der Waals surface area contributed by atoms with E-state index < -0.39 is 6.09 Å². The Morgan fingerprint density at radius 1 is 1.50 bits per heavy atom. The van der Waals surface area contributed by atoms with E-state index in [1.807, 2.05) is 12.1 Å². The molecule has 1 N–H and O–H groups in total. The van der Waals surface area contributed by atoms with Gasteiger partial charge in [0.05, 0.1) is 6.10 Å². The van der Waals surface area contributed by atoms with Gasteiger partial charge in [0.2, 0.25) is 0 Å². The zero-order valence-corrected chi connectivity index (χ0v) is 10.8. The largest absolute Gasteiger partial charge is 0.445 e. The maximum Gasteiger partial charge on any atom is 0.407 e. The lowest BCUT2D eigenvalue weighted by Gasteiger charge is -2.11. The molecule has 0 aliphatic carbocycles. The van der Waals surface area contributed by atoms with Gasteiger partial charge in [-0.15, -0.1) is 12.4 Å². The van der Waals surface area contributed by atoms with Crippen molar-refractivity contribution < 1.29 is 14.3 Å². The molecular formula is C12H17ClN2O3. The number of carbonyl (C=O) groups is 1. The lowest BCUT2D eigenvalue weighted by atomic mass is 10.2. The maximum atomic E-state index is 11.4. The molecule has 0 spiro atoms. The average Bonchev–Trinajstić information content (AvgIpc) is 2.88. The summed E-state index contributed by atoms with van der Waals surface area (Å²) in [6.07, 6.45) is 5.15. The van der Waals surface area contributed by atoms with Gasteiger partial charge in [-0.05, 0) is 30.5 Å². The van der Waals surface area contributed by atoms with Gasteiger partial charge in [0, 0.05) is 25.5 Å². The topological polar surface area (TPSA) is 60.5 Å². The molecule has 1 saturated heterocycles. The summed E-state index contributed by atoms with van der Waals surface area (Å²) in [5, 5.41) is 2.69. The summed E-state index contributed by atoms with van der Waals surface area (Å²) in [4.78, 5) is 15.3. The number of amides is 1. The molecule has 0 aromatic carbocycles. The first-order valence-electron chi connectivity index (χ1n) is 5.76. The number of alkyl carbamates (subject to hydrolysis) is 1. The quantitative estimate of drug-likeness (QED) is 0.910. The minimum absolute atomic E-state index is 0. The first-order chi connectivity index (χ1) is 8.34. The number of aromatic nitrogens is 1. The molecule has 1 aromatic heterocycles. The van der Waals surface area contributed by atoms with E-state index in [1.165, 1.54) is 0 Å². The van der Waals surface area contributed by atoms with Crippen molar-refractivity contribution in [3.8, 4) is 0 Å². The highest BCUT2D eigenvalue weighted by molar-refractivity contribution is 5.85. The number of hydrogen-bond acceptors (Lipinski definition) is 4. The summed E-state index contributed by atoms with van der Waals surface area (Å²) in [5.74, 6) is 0. The van der Waals surface area contributed by atoms with Crippen molar-refractivity contribution in [2.45, 2.75) is 25.6 Å². The van der Waals surface area contributed by atoms with E-state index in [-0.39, 0.29) is 25.1 Å². The van der Waals surface area contributed by atoms with Crippen molar-refractivity contribution in [3.63, 3.8) is 0 Å². The van der Waals surface area contributed by atoms with Gasteiger partial charge in [-0.2, -0.15) is 0 Å². The predicted octanol–water partition coefficient (Wildman–Crippen LogP) is 1.91. The van der Waals surface area contributed by atoms with E-state index in [1.54, 1.807) is 12.4 Å². The second kappa shape index (κ2) is 7.89. The number of carbonyl (C=O) groups excluding carboxylic acids is 1. The molecule has 0 bridgehead atoms. The Morgan fingerprint density at radius 2 is 2.28 bits per heavy atom. The molecule has 1 aromatic rings. The first kappa shape index (κ1) is 14.7. The van der Waals surface area contributed by atoms with Crippen LogP contribution in [0.2, 0.25) is 0 Å². The van der Waals surface area contributed by atoms with Gasteiger partial charge in [-0.1, -0.05) is 0 Å². The summed E-state index contributed by atoms with van der Waals surface area (Å²) in [7, 11) is 0. The van der Waals surface area contributed by atoms with Crippen LogP contribution >= 0.6 is 12.4 Å². The molecule has 2 rings (SSSR count). The normalized spacial score (nSPS) is 17.9. The molecule has 0 unspecified atom stereocenters. The third-order valence-electron chi connectivity index (χ3n) is 2.62. The summed E-state index contributed by atoms with van der Waals surface area (Å²) in [6.45, 7) is 1.58. The number of ether oxygens (including phenoxy) is 2. The minimum Gasteiger partial charge on any atom is -0.445 e. The Labute approximate surface area is 112 Å². The van der Waals surface area contributed by atoms with E-state index in [0.29, 0.717) is 6.54 Å². The third kappa shape index (κ3) is 4.89. The van der Waals surface area contributed by atoms with Crippen LogP contribution < -0.4 is 5.32 Å². The molecule has 100 valence electrons. The maximum absolute atomic E-state index is 11.4. The highest BCUT2D eigenvalue weighted by Crippen LogP contribution is 2.10. The van der Waals surface area contributed by atoms with Gasteiger partial charge < -0.3 is 14.8 Å². The fourth-order valence-corrected chi connectivity index (χ4v) is 1.68. The Morgan fingerprint density at radius 3 is 2.94 bits per heavy atom. The lowest BCUT2D eigenvalue weighted by molar-refractivity contribution is 0.0997. The van der Waals surface area contributed by atoms with Crippen LogP contribution in [0.4, 0.5) is 4.79 Å². The fourth-order valence-electron chi connectivity index (χ4n) is 1.68. The second-order valence-electron chi connectivity index (χ2n) is 3.95. The summed E-state index contributed by atoms with van der Waals surface area (Å²) in [6, 6.07) is 3.63. The number of nitrogens with one attached hydrogen (secondary N) is 1. The molecule has 0 saturated carbocycles. The zero-order chi connectivity index (χ0) is 11.9. The van der Waals surface area contributed by atoms with Crippen LogP contribution in [0.15, 0.2) is 24.5 Å². The number of halogens is 1. The van der Waals surface area contributed by atoms with E-state index in [0.717, 1.165) is 25.0 Å². The predicted molar refractivity (Wildman–Crippen MR) is 68.6 cm³/mol. The first-order valence-corrected chi connectivity index (χ1v) is 5.76. The average molecular weight is 273 g/mol. The smallest absolute Gasteiger partial charge is 0.407 e. The summed E-state index contributed by atoms with van der Waals surface area (Å²) >= 11 is 0. The molecule has 1 aliphatic heterocycles. The Hall–Kier alpha value is -1.33. The minimum atomic E-state index is -0.405. The van der Waals surface area contributed by atoms with Crippen LogP contribution in [0.25, 0.3) is 0 Å². The molecule has 2 heterocycles. The van der Waals surface area contributed by atoms with Crippen molar-refractivity contribution in [3.05, 3.63) is 30.1 Å². The summed E-state index contributed by atoms with van der Waals surface area (Å²) < 4.78 is 10.4. The Kier molecular flexibility index (Phi) is 6.46. The Bertz CT molecular complexity index is 356. The van der Waals surface area contributed by atoms with Gasteiger partial charge in [0.25, 0.3) is 0 Å². The van der Waals surface area contributed by atoms with Crippen molar-refractivity contribution in [1.29, 1.82) is 0 Å². The number of hydrogen-bond donors (Lipinski definition) is 1. The molecule has 1 amide bonds. The Balaban J connectivity index is 0.00000162. The highest BCUT2D eigenvalue weighted by Gasteiger charge is 2.16. The zero-order valence-electron chi connectivity index (χ0n) is 10.0. The summed E-state index contributed by atoms with van der Waals surface area (Å²) in [5.41, 5.74) is 0.923. The number of rotatable bonds is 4. The molecule has 1 atom stereocenters. The standard InChI is InChI=1S/C12H16N2O3.ClH/c15-12(14-8-11-2-1-7-16-11)17-9-10-3-5-13-6-4-10;/h3-6,11H,1-2,7-9H2,(H,14,15);1H/t11-;/m0./s1.